The van der Waals surface area contributed by atoms with Gasteiger partial charge in [-0.05, 0) is 56.3 Å². The van der Waals surface area contributed by atoms with E-state index in [1.807, 2.05) is 6.07 Å². The van der Waals surface area contributed by atoms with Gasteiger partial charge in [0.1, 0.15) is 5.75 Å². The van der Waals surface area contributed by atoms with E-state index in [1.165, 1.54) is 5.56 Å². The summed E-state index contributed by atoms with van der Waals surface area (Å²) in [5.74, 6) is 0.558. The summed E-state index contributed by atoms with van der Waals surface area (Å²) < 4.78 is 0. The van der Waals surface area contributed by atoms with Crippen molar-refractivity contribution in [3.63, 3.8) is 0 Å². The Bertz CT molecular complexity index is 558. The Labute approximate surface area is 126 Å². The average Bonchev–Trinajstić information content (AvgIpc) is 2.90. The summed E-state index contributed by atoms with van der Waals surface area (Å²) in [6, 6.07) is 6.18. The first kappa shape index (κ1) is 14.4. The third-order valence-corrected chi connectivity index (χ3v) is 5.17. The molecule has 1 saturated heterocycles. The molecule has 3 rings (SSSR count). The van der Waals surface area contributed by atoms with E-state index in [4.69, 9.17) is 0 Å². The van der Waals surface area contributed by atoms with Gasteiger partial charge in [-0.3, -0.25) is 9.69 Å². The maximum absolute atomic E-state index is 12.1. The van der Waals surface area contributed by atoms with Crippen LogP contribution in [0.5, 0.6) is 5.75 Å². The zero-order valence-electron chi connectivity index (χ0n) is 12.9. The maximum atomic E-state index is 12.1. The molecule has 2 N–H and O–H groups in total. The Morgan fingerprint density at radius 1 is 1.48 bits per heavy atom. The fourth-order valence-corrected chi connectivity index (χ4v) is 3.93. The summed E-state index contributed by atoms with van der Waals surface area (Å²) in [6.07, 6.45) is 4.07. The normalized spacial score (nSPS) is 29.1. The standard InChI is InChI=1S/C17H24N2O2/c1-17(16(21)18-2)9-10-19(11-17)14-7-3-6-13-12(14)5-4-8-15(13)20/h4-5,8,14,20H,3,6-7,9-11H2,1-2H3,(H,18,21). The summed E-state index contributed by atoms with van der Waals surface area (Å²) in [5, 5.41) is 12.9. The molecule has 0 radical (unpaired) electrons. The van der Waals surface area contributed by atoms with Gasteiger partial charge >= 0.3 is 0 Å². The van der Waals surface area contributed by atoms with Crippen LogP contribution < -0.4 is 5.32 Å². The number of fused-ring (bicyclic) bond motifs is 1. The Hall–Kier alpha value is -1.55. The minimum atomic E-state index is -0.289. The maximum Gasteiger partial charge on any atom is 0.227 e. The second kappa shape index (κ2) is 5.34. The van der Waals surface area contributed by atoms with Gasteiger partial charge in [0.15, 0.2) is 0 Å². The molecule has 1 fully saturated rings. The van der Waals surface area contributed by atoms with Gasteiger partial charge in [0.2, 0.25) is 5.91 Å². The Morgan fingerprint density at radius 3 is 3.05 bits per heavy atom. The number of nitrogens with zero attached hydrogens (tertiary/aromatic N) is 1. The van der Waals surface area contributed by atoms with Gasteiger partial charge in [0.05, 0.1) is 5.41 Å². The molecule has 2 atom stereocenters. The van der Waals surface area contributed by atoms with Gasteiger partial charge in [-0.25, -0.2) is 0 Å². The number of hydrogen-bond acceptors (Lipinski definition) is 3. The second-order valence-electron chi connectivity index (χ2n) is 6.61. The number of rotatable bonds is 2. The molecular formula is C17H24N2O2. The third kappa shape index (κ3) is 2.42. The smallest absolute Gasteiger partial charge is 0.227 e. The summed E-state index contributed by atoms with van der Waals surface area (Å²) >= 11 is 0. The van der Waals surface area contributed by atoms with Crippen molar-refractivity contribution in [2.75, 3.05) is 20.1 Å². The fourth-order valence-electron chi connectivity index (χ4n) is 3.93. The van der Waals surface area contributed by atoms with E-state index >= 15 is 0 Å². The van der Waals surface area contributed by atoms with Gasteiger partial charge in [0, 0.05) is 19.6 Å². The topological polar surface area (TPSA) is 52.6 Å². The number of aromatic hydroxyl groups is 1. The highest BCUT2D eigenvalue weighted by atomic mass is 16.3. The van der Waals surface area contributed by atoms with Gasteiger partial charge in [-0.15, -0.1) is 0 Å². The number of hydrogen-bond donors (Lipinski definition) is 2. The van der Waals surface area contributed by atoms with Crippen LogP contribution in [0.15, 0.2) is 18.2 Å². The van der Waals surface area contributed by atoms with Gasteiger partial charge in [-0.2, -0.15) is 0 Å². The van der Waals surface area contributed by atoms with Crippen LogP contribution in [0.1, 0.15) is 43.4 Å². The zero-order valence-corrected chi connectivity index (χ0v) is 12.9. The highest BCUT2D eigenvalue weighted by Gasteiger charge is 2.42. The van der Waals surface area contributed by atoms with Crippen LogP contribution in [0.25, 0.3) is 0 Å². The van der Waals surface area contributed by atoms with Crippen molar-refractivity contribution in [3.8, 4) is 5.75 Å². The largest absolute Gasteiger partial charge is 0.508 e. The molecule has 1 aliphatic heterocycles. The van der Waals surface area contributed by atoms with Crippen LogP contribution in [0.2, 0.25) is 0 Å². The highest BCUT2D eigenvalue weighted by Crippen LogP contribution is 2.42. The van der Waals surface area contributed by atoms with Crippen molar-refractivity contribution in [2.45, 2.75) is 38.6 Å². The molecule has 21 heavy (non-hydrogen) atoms. The van der Waals surface area contributed by atoms with Crippen LogP contribution >= 0.6 is 0 Å². The number of benzene rings is 1. The molecule has 0 aromatic heterocycles. The van der Waals surface area contributed by atoms with Gasteiger partial charge in [-0.1, -0.05) is 12.1 Å². The number of phenols is 1. The number of carbonyl (C=O) groups is 1. The molecule has 0 saturated carbocycles. The molecule has 0 bridgehead atoms. The van der Waals surface area contributed by atoms with E-state index in [9.17, 15) is 9.90 Å². The zero-order chi connectivity index (χ0) is 15.0. The SMILES string of the molecule is CNC(=O)C1(C)CCN(C2CCCc3c(O)cccc32)C1. The second-order valence-corrected chi connectivity index (χ2v) is 6.61. The van der Waals surface area contributed by atoms with Crippen LogP contribution in [-0.2, 0) is 11.2 Å². The first-order valence-corrected chi connectivity index (χ1v) is 7.82. The van der Waals surface area contributed by atoms with Crippen LogP contribution in [0.3, 0.4) is 0 Å². The molecule has 1 heterocycles. The first-order valence-electron chi connectivity index (χ1n) is 7.82. The Morgan fingerprint density at radius 2 is 2.29 bits per heavy atom. The average molecular weight is 288 g/mol. The van der Waals surface area contributed by atoms with E-state index < -0.39 is 0 Å². The molecular weight excluding hydrogens is 264 g/mol. The minimum Gasteiger partial charge on any atom is -0.508 e. The predicted molar refractivity (Wildman–Crippen MR) is 82.1 cm³/mol. The van der Waals surface area contributed by atoms with Crippen molar-refractivity contribution in [1.29, 1.82) is 0 Å². The van der Waals surface area contributed by atoms with Gasteiger partial charge < -0.3 is 10.4 Å². The molecule has 1 aromatic carbocycles. The van der Waals surface area contributed by atoms with Crippen LogP contribution in [-0.4, -0.2) is 36.1 Å². The van der Waals surface area contributed by atoms with Crippen molar-refractivity contribution in [1.82, 2.24) is 10.2 Å². The third-order valence-electron chi connectivity index (χ3n) is 5.17. The molecule has 4 nitrogen and oxygen atoms in total. The van der Waals surface area contributed by atoms with Crippen molar-refractivity contribution >= 4 is 5.91 Å². The molecule has 1 aromatic rings. The van der Waals surface area contributed by atoms with Gasteiger partial charge in [0.25, 0.3) is 0 Å². The van der Waals surface area contributed by atoms with E-state index in [0.717, 1.165) is 44.3 Å². The van der Waals surface area contributed by atoms with E-state index in [0.29, 0.717) is 11.8 Å². The molecule has 0 spiro atoms. The van der Waals surface area contributed by atoms with E-state index in [1.54, 1.807) is 13.1 Å². The number of likely N-dealkylation sites (tertiary alicyclic amines) is 1. The summed E-state index contributed by atoms with van der Waals surface area (Å²) in [4.78, 5) is 14.5. The number of amides is 1. The Kier molecular flexibility index (Phi) is 3.66. The number of nitrogens with one attached hydrogen (secondary N) is 1. The predicted octanol–water partition coefficient (Wildman–Crippen LogP) is 2.23. The summed E-state index contributed by atoms with van der Waals surface area (Å²) in [7, 11) is 1.71. The van der Waals surface area contributed by atoms with Crippen molar-refractivity contribution < 1.29 is 9.90 Å². The molecule has 2 unspecified atom stereocenters. The van der Waals surface area contributed by atoms with Crippen LogP contribution in [0.4, 0.5) is 0 Å². The molecule has 1 aliphatic carbocycles. The lowest BCUT2D eigenvalue weighted by Crippen LogP contribution is -2.40. The molecule has 2 aliphatic rings. The van der Waals surface area contributed by atoms with Crippen molar-refractivity contribution in [2.24, 2.45) is 5.41 Å². The lowest BCUT2D eigenvalue weighted by atomic mass is 9.85. The van der Waals surface area contributed by atoms with Crippen molar-refractivity contribution in [3.05, 3.63) is 29.3 Å². The fraction of sp³-hybridized carbons (Fsp3) is 0.588. The van der Waals surface area contributed by atoms with E-state index in [2.05, 4.69) is 23.2 Å². The monoisotopic (exact) mass is 288 g/mol. The number of carbonyl (C=O) groups excluding carboxylic acids is 1. The summed E-state index contributed by atoms with van der Waals surface area (Å²) in [5.41, 5.74) is 2.06. The Balaban J connectivity index is 1.85. The quantitative estimate of drug-likeness (QED) is 0.877. The minimum absolute atomic E-state index is 0.136. The lowest BCUT2D eigenvalue weighted by Gasteiger charge is -2.34. The van der Waals surface area contributed by atoms with E-state index in [-0.39, 0.29) is 11.3 Å². The first-order chi connectivity index (χ1) is 10.0. The molecule has 1 amide bonds. The summed E-state index contributed by atoms with van der Waals surface area (Å²) in [6.45, 7) is 3.80. The lowest BCUT2D eigenvalue weighted by molar-refractivity contribution is -0.129. The number of phenolic OH excluding ortho intramolecular Hbond substituents is 1. The highest BCUT2D eigenvalue weighted by molar-refractivity contribution is 5.82. The molecule has 114 valence electrons. The molecule has 4 heteroatoms. The van der Waals surface area contributed by atoms with Crippen LogP contribution in [0, 0.1) is 5.41 Å².